The van der Waals surface area contributed by atoms with Crippen molar-refractivity contribution in [3.05, 3.63) is 77.9 Å². The number of halogens is 1. The number of aliphatic hydroxyl groups excluding tert-OH is 2. The highest BCUT2D eigenvalue weighted by atomic mass is 35.5. The highest BCUT2D eigenvalue weighted by Crippen LogP contribution is 2.62. The summed E-state index contributed by atoms with van der Waals surface area (Å²) in [7, 11) is 0. The van der Waals surface area contributed by atoms with E-state index in [-0.39, 0.29) is 56.5 Å². The van der Waals surface area contributed by atoms with Crippen LogP contribution < -0.4 is 9.47 Å². The first-order valence-corrected chi connectivity index (χ1v) is 21.5. The standard InChI is InChI=1S/C45H59ClN2O10/c1-3-20-48(44(52)54-25-19-46)40-29-38(47-58-41-16-7-10-24-53-41)36-27-32(13-5-8-21-49)35(15-6-9-22-50)42-37-28-34(56-33-14-11-12-31(26-33)30-51)17-18-39(37)57-45(40,43(36)42)55-23-4-2/h4,11-12,14,17-18,26-28,30,32,35,40-43,49-50H,2-3,5-10,13,15-16,19-25,29H2,1H3/t32-,35+,40-,41?,42+,43+,45+/m0/s1. The number of nitrogens with zero attached hydrogens (tertiary/aromatic N) is 2. The summed E-state index contributed by atoms with van der Waals surface area (Å²) in [6.45, 7) is 7.32. The monoisotopic (exact) mass is 822 g/mol. The Labute approximate surface area is 347 Å². The van der Waals surface area contributed by atoms with Crippen LogP contribution >= 0.6 is 11.6 Å². The van der Waals surface area contributed by atoms with Crippen molar-refractivity contribution in [1.29, 1.82) is 0 Å². The molecule has 0 aromatic heterocycles. The Morgan fingerprint density at radius 1 is 1.09 bits per heavy atom. The SMILES string of the molecule is C=CCO[C@@]12Oc3ccc(Oc4cccc(C=O)c4)cc3[C@H]3[C@H](CCCCO)[C@@H](CCCCO)C=C(C(=NOC4CCCCO4)C[C@@H]1N(CCC)C(=O)OCCCl)[C@H]32. The van der Waals surface area contributed by atoms with Crippen molar-refractivity contribution in [2.75, 3.05) is 45.5 Å². The van der Waals surface area contributed by atoms with Gasteiger partial charge in [-0.05, 0) is 92.7 Å². The fourth-order valence-electron chi connectivity index (χ4n) is 9.24. The minimum Gasteiger partial charge on any atom is -0.459 e. The molecule has 12 nitrogen and oxygen atoms in total. The number of fused-ring (bicyclic) bond motifs is 2. The van der Waals surface area contributed by atoms with E-state index in [1.807, 2.05) is 31.2 Å². The maximum Gasteiger partial charge on any atom is 0.410 e. The number of aldehydes is 1. The lowest BCUT2D eigenvalue weighted by Gasteiger charge is -2.60. The van der Waals surface area contributed by atoms with E-state index >= 15 is 0 Å². The summed E-state index contributed by atoms with van der Waals surface area (Å²) in [4.78, 5) is 33.6. The van der Waals surface area contributed by atoms with E-state index in [9.17, 15) is 19.8 Å². The van der Waals surface area contributed by atoms with Gasteiger partial charge < -0.3 is 38.7 Å². The van der Waals surface area contributed by atoms with Gasteiger partial charge in [0.15, 0.2) is 0 Å². The molecule has 0 radical (unpaired) electrons. The molecule has 4 aliphatic rings. The van der Waals surface area contributed by atoms with Crippen LogP contribution in [0.3, 0.4) is 0 Å². The molecule has 0 bridgehead atoms. The maximum absolute atomic E-state index is 14.1. The number of alkyl halides is 1. The Kier molecular flexibility index (Phi) is 16.1. The lowest BCUT2D eigenvalue weighted by Crippen LogP contribution is -2.70. The molecule has 2 aliphatic heterocycles. The Bertz CT molecular complexity index is 1750. The number of ether oxygens (including phenoxy) is 5. The Morgan fingerprint density at radius 2 is 1.90 bits per heavy atom. The molecule has 1 amide bonds. The zero-order valence-electron chi connectivity index (χ0n) is 33.6. The lowest BCUT2D eigenvalue weighted by molar-refractivity contribution is -0.255. The average molecular weight is 823 g/mol. The molecule has 2 aromatic rings. The molecule has 0 spiro atoms. The van der Waals surface area contributed by atoms with Gasteiger partial charge in [0.2, 0.25) is 12.1 Å². The van der Waals surface area contributed by atoms with Gasteiger partial charge in [-0.2, -0.15) is 0 Å². The molecule has 1 saturated heterocycles. The van der Waals surface area contributed by atoms with Crippen molar-refractivity contribution >= 4 is 29.7 Å². The molecular formula is C45H59ClN2O10. The number of rotatable bonds is 21. The van der Waals surface area contributed by atoms with Crippen LogP contribution in [0, 0.1) is 17.8 Å². The van der Waals surface area contributed by atoms with E-state index in [4.69, 9.17) is 45.3 Å². The molecule has 2 N–H and O–H groups in total. The Balaban J connectivity index is 1.57. The van der Waals surface area contributed by atoms with Gasteiger partial charge in [-0.15, -0.1) is 18.2 Å². The molecule has 1 saturated carbocycles. The second-order valence-corrected chi connectivity index (χ2v) is 15.8. The van der Waals surface area contributed by atoms with Gasteiger partial charge >= 0.3 is 6.09 Å². The first-order chi connectivity index (χ1) is 28.4. The van der Waals surface area contributed by atoms with E-state index in [0.717, 1.165) is 62.4 Å². The normalized spacial score (nSPS) is 26.7. The summed E-state index contributed by atoms with van der Waals surface area (Å²) in [6, 6.07) is 12.1. The zero-order valence-corrected chi connectivity index (χ0v) is 34.4. The summed E-state index contributed by atoms with van der Waals surface area (Å²) in [5.41, 5.74) is 3.03. The van der Waals surface area contributed by atoms with E-state index in [2.05, 4.69) is 12.7 Å². The van der Waals surface area contributed by atoms with Crippen molar-refractivity contribution in [2.24, 2.45) is 22.9 Å². The van der Waals surface area contributed by atoms with Crippen LogP contribution in [0.25, 0.3) is 0 Å². The molecular weight excluding hydrogens is 764 g/mol. The summed E-state index contributed by atoms with van der Waals surface area (Å²) >= 11 is 6.02. The quantitative estimate of drug-likeness (QED) is 0.0413. The third-order valence-electron chi connectivity index (χ3n) is 11.7. The van der Waals surface area contributed by atoms with E-state index < -0.39 is 30.1 Å². The Hall–Kier alpha value is -3.94. The second-order valence-electron chi connectivity index (χ2n) is 15.5. The fraction of sp³-hybridized carbons (Fsp3) is 0.578. The summed E-state index contributed by atoms with van der Waals surface area (Å²) < 4.78 is 32.3. The number of amides is 1. The van der Waals surface area contributed by atoms with Crippen LogP contribution in [0.4, 0.5) is 4.79 Å². The number of hydrogen-bond acceptors (Lipinski definition) is 11. The van der Waals surface area contributed by atoms with Crippen LogP contribution in [-0.4, -0.2) is 96.8 Å². The molecule has 2 aromatic carbocycles. The summed E-state index contributed by atoms with van der Waals surface area (Å²) in [6.07, 6.45) is 11.8. The van der Waals surface area contributed by atoms with Gasteiger partial charge in [0.05, 0.1) is 30.7 Å². The molecule has 1 unspecified atom stereocenters. The van der Waals surface area contributed by atoms with Crippen LogP contribution in [0.5, 0.6) is 17.2 Å². The van der Waals surface area contributed by atoms with Gasteiger partial charge in [-0.25, -0.2) is 4.79 Å². The third kappa shape index (κ3) is 9.90. The molecule has 13 heteroatoms. The van der Waals surface area contributed by atoms with Crippen molar-refractivity contribution < 1.29 is 48.3 Å². The molecule has 58 heavy (non-hydrogen) atoms. The second kappa shape index (κ2) is 21.4. The van der Waals surface area contributed by atoms with Gasteiger partial charge in [0.25, 0.3) is 0 Å². The number of oxime groups is 1. The van der Waals surface area contributed by atoms with Crippen LogP contribution in [0.1, 0.15) is 99.4 Å². The largest absolute Gasteiger partial charge is 0.459 e. The summed E-state index contributed by atoms with van der Waals surface area (Å²) in [5.74, 6) is -0.205. The average Bonchev–Trinajstić information content (AvgIpc) is 3.25. The van der Waals surface area contributed by atoms with Crippen molar-refractivity contribution in [3.8, 4) is 17.2 Å². The number of unbranched alkanes of at least 4 members (excludes halogenated alkanes) is 2. The fourth-order valence-corrected chi connectivity index (χ4v) is 9.32. The molecule has 6 rings (SSSR count). The first kappa shape index (κ1) is 43.6. The molecule has 7 atom stereocenters. The number of hydrogen-bond donors (Lipinski definition) is 2. The van der Waals surface area contributed by atoms with Crippen molar-refractivity contribution in [1.82, 2.24) is 4.90 Å². The van der Waals surface area contributed by atoms with E-state index in [0.29, 0.717) is 60.9 Å². The molecule has 316 valence electrons. The number of carbonyl (C=O) groups excluding carboxylic acids is 2. The van der Waals surface area contributed by atoms with Gasteiger partial charge in [0.1, 0.15) is 36.2 Å². The third-order valence-corrected chi connectivity index (χ3v) is 11.8. The minimum atomic E-state index is -1.42. The van der Waals surface area contributed by atoms with Crippen LogP contribution in [-0.2, 0) is 19.0 Å². The Morgan fingerprint density at radius 3 is 2.62 bits per heavy atom. The van der Waals surface area contributed by atoms with Crippen molar-refractivity contribution in [2.45, 2.75) is 102 Å². The number of allylic oxidation sites excluding steroid dienone is 1. The maximum atomic E-state index is 14.1. The number of aliphatic hydroxyl groups is 2. The molecule has 2 fully saturated rings. The van der Waals surface area contributed by atoms with Gasteiger partial charge in [0, 0.05) is 49.6 Å². The highest BCUT2D eigenvalue weighted by Gasteiger charge is 2.65. The summed E-state index contributed by atoms with van der Waals surface area (Å²) in [5, 5.41) is 24.7. The first-order valence-electron chi connectivity index (χ1n) is 21.0. The van der Waals surface area contributed by atoms with Crippen molar-refractivity contribution in [3.63, 3.8) is 0 Å². The highest BCUT2D eigenvalue weighted by molar-refractivity contribution is 6.18. The van der Waals surface area contributed by atoms with Crippen LogP contribution in [0.2, 0.25) is 0 Å². The van der Waals surface area contributed by atoms with Crippen LogP contribution in [0.15, 0.2) is 71.9 Å². The number of carbonyl (C=O) groups is 2. The topological polar surface area (TPSA) is 146 Å². The lowest BCUT2D eigenvalue weighted by atomic mass is 9.55. The zero-order chi connectivity index (χ0) is 40.9. The number of benzene rings is 2. The molecule has 2 heterocycles. The van der Waals surface area contributed by atoms with E-state index in [1.54, 1.807) is 29.2 Å². The van der Waals surface area contributed by atoms with E-state index in [1.165, 1.54) is 0 Å². The minimum absolute atomic E-state index is 0.0346. The predicted octanol–water partition coefficient (Wildman–Crippen LogP) is 8.54. The predicted molar refractivity (Wildman–Crippen MR) is 221 cm³/mol. The molecule has 2 aliphatic carbocycles. The van der Waals surface area contributed by atoms with Gasteiger partial charge in [-0.3, -0.25) is 9.69 Å². The smallest absolute Gasteiger partial charge is 0.410 e. The van der Waals surface area contributed by atoms with Gasteiger partial charge in [-0.1, -0.05) is 49.2 Å².